The van der Waals surface area contributed by atoms with Gasteiger partial charge in [-0.15, -0.1) is 0 Å². The van der Waals surface area contributed by atoms with Crippen LogP contribution in [-0.2, 0) is 9.53 Å². The summed E-state index contributed by atoms with van der Waals surface area (Å²) in [5.41, 5.74) is 1.53. The van der Waals surface area contributed by atoms with Crippen LogP contribution in [-0.4, -0.2) is 56.9 Å². The summed E-state index contributed by atoms with van der Waals surface area (Å²) in [6.45, 7) is 5.94. The summed E-state index contributed by atoms with van der Waals surface area (Å²) >= 11 is 0. The molecule has 0 aromatic heterocycles. The number of esters is 1. The van der Waals surface area contributed by atoms with Crippen LogP contribution >= 0.6 is 0 Å². The fraction of sp³-hybridized carbons (Fsp3) is 0.440. The van der Waals surface area contributed by atoms with Crippen molar-refractivity contribution in [3.63, 3.8) is 0 Å². The summed E-state index contributed by atoms with van der Waals surface area (Å²) in [5, 5.41) is 12.4. The van der Waals surface area contributed by atoms with E-state index < -0.39 is 11.8 Å². The third-order valence-corrected chi connectivity index (χ3v) is 5.45. The van der Waals surface area contributed by atoms with Crippen molar-refractivity contribution in [2.75, 3.05) is 45.2 Å². The molecule has 8 heteroatoms. The van der Waals surface area contributed by atoms with Gasteiger partial charge in [-0.1, -0.05) is 0 Å². The third-order valence-electron chi connectivity index (χ3n) is 5.45. The number of hydrogen-bond donors (Lipinski definition) is 1. The van der Waals surface area contributed by atoms with Crippen LogP contribution < -0.4 is 14.8 Å². The zero-order valence-corrected chi connectivity index (χ0v) is 19.3. The van der Waals surface area contributed by atoms with E-state index in [1.54, 1.807) is 37.3 Å². The number of halogens is 1. The van der Waals surface area contributed by atoms with E-state index in [-0.39, 0.29) is 30.6 Å². The number of rotatable bonds is 9. The maximum absolute atomic E-state index is 15.8. The molecule has 0 amide bonds. The summed E-state index contributed by atoms with van der Waals surface area (Å²) in [7, 11) is 2.05. The Labute approximate surface area is 194 Å². The average molecular weight is 456 g/mol. The highest BCUT2D eigenvalue weighted by atomic mass is 19.1. The van der Waals surface area contributed by atoms with E-state index in [0.29, 0.717) is 29.2 Å². The standard InChI is InChI=1S/C25H30FN3O4/c1-4-31-19-13-21(25(26)23(14-19)33-18-8-10-29(3)11-9-18)20-12-17(15-27)6-7-22(20)28-16-24(30)32-5-2/h6-7,12-14,18,28H,4-5,8-11,16H2,1-3H3. The SMILES string of the molecule is CCOC(=O)CNc1ccc(C#N)cc1-c1cc(OCC)cc(OC2CCN(C)CC2)c1F. The number of carbonyl (C=O) groups excluding carboxylic acids is 1. The molecular weight excluding hydrogens is 425 g/mol. The van der Waals surface area contributed by atoms with Crippen molar-refractivity contribution >= 4 is 11.7 Å². The number of piperidine rings is 1. The molecule has 2 aromatic rings. The van der Waals surface area contributed by atoms with Crippen LogP contribution in [0.15, 0.2) is 30.3 Å². The largest absolute Gasteiger partial charge is 0.494 e. The molecule has 0 radical (unpaired) electrons. The molecule has 0 saturated carbocycles. The fourth-order valence-corrected chi connectivity index (χ4v) is 3.76. The molecule has 3 rings (SSSR count). The number of hydrogen-bond acceptors (Lipinski definition) is 7. The van der Waals surface area contributed by atoms with Gasteiger partial charge in [-0.25, -0.2) is 4.39 Å². The van der Waals surface area contributed by atoms with E-state index in [0.717, 1.165) is 25.9 Å². The second kappa shape index (κ2) is 11.5. The first-order valence-corrected chi connectivity index (χ1v) is 11.2. The maximum atomic E-state index is 15.8. The van der Waals surface area contributed by atoms with Gasteiger partial charge in [0.15, 0.2) is 11.6 Å². The van der Waals surface area contributed by atoms with Crippen LogP contribution in [0.3, 0.4) is 0 Å². The van der Waals surface area contributed by atoms with E-state index in [1.165, 1.54) is 0 Å². The Morgan fingerprint density at radius 1 is 1.18 bits per heavy atom. The topological polar surface area (TPSA) is 83.8 Å². The van der Waals surface area contributed by atoms with Gasteiger partial charge in [0.25, 0.3) is 0 Å². The fourth-order valence-electron chi connectivity index (χ4n) is 3.76. The lowest BCUT2D eigenvalue weighted by Gasteiger charge is -2.29. The predicted molar refractivity (Wildman–Crippen MR) is 124 cm³/mol. The van der Waals surface area contributed by atoms with Crippen LogP contribution in [0, 0.1) is 17.1 Å². The van der Waals surface area contributed by atoms with Gasteiger partial charge in [0.05, 0.1) is 24.8 Å². The smallest absolute Gasteiger partial charge is 0.325 e. The molecule has 176 valence electrons. The number of nitriles is 1. The Kier molecular flexibility index (Phi) is 8.50. The normalized spacial score (nSPS) is 14.4. The molecule has 1 saturated heterocycles. The van der Waals surface area contributed by atoms with Gasteiger partial charge >= 0.3 is 5.97 Å². The minimum Gasteiger partial charge on any atom is -0.494 e. The highest BCUT2D eigenvalue weighted by Gasteiger charge is 2.23. The second-order valence-corrected chi connectivity index (χ2v) is 7.87. The number of nitrogens with zero attached hydrogens (tertiary/aromatic N) is 2. The van der Waals surface area contributed by atoms with Crippen LogP contribution in [0.5, 0.6) is 11.5 Å². The van der Waals surface area contributed by atoms with Crippen molar-refractivity contribution in [1.29, 1.82) is 5.26 Å². The Hall–Kier alpha value is -3.31. The van der Waals surface area contributed by atoms with Crippen molar-refractivity contribution < 1.29 is 23.4 Å². The second-order valence-electron chi connectivity index (χ2n) is 7.87. The lowest BCUT2D eigenvalue weighted by atomic mass is 9.99. The summed E-state index contributed by atoms with van der Waals surface area (Å²) in [6.07, 6.45) is 1.52. The minimum atomic E-state index is -0.536. The highest BCUT2D eigenvalue weighted by Crippen LogP contribution is 2.39. The molecule has 0 spiro atoms. The quantitative estimate of drug-likeness (QED) is 0.567. The number of anilines is 1. The monoisotopic (exact) mass is 455 g/mol. The predicted octanol–water partition coefficient (Wildman–Crippen LogP) is 4.21. The molecule has 0 aliphatic carbocycles. The first kappa shape index (κ1) is 24.3. The van der Waals surface area contributed by atoms with Crippen molar-refractivity contribution in [3.8, 4) is 28.7 Å². The zero-order valence-electron chi connectivity index (χ0n) is 19.3. The van der Waals surface area contributed by atoms with E-state index in [4.69, 9.17) is 14.2 Å². The zero-order chi connectivity index (χ0) is 23.8. The number of nitrogens with one attached hydrogen (secondary N) is 1. The Bertz CT molecular complexity index is 1010. The lowest BCUT2D eigenvalue weighted by molar-refractivity contribution is -0.140. The Morgan fingerprint density at radius 3 is 2.61 bits per heavy atom. The van der Waals surface area contributed by atoms with Gasteiger partial charge < -0.3 is 24.4 Å². The molecule has 33 heavy (non-hydrogen) atoms. The van der Waals surface area contributed by atoms with E-state index in [1.807, 2.05) is 6.92 Å². The molecular formula is C25H30FN3O4. The van der Waals surface area contributed by atoms with Crippen molar-refractivity contribution in [3.05, 3.63) is 41.7 Å². The molecule has 1 aliphatic heterocycles. The molecule has 1 N–H and O–H groups in total. The van der Waals surface area contributed by atoms with Crippen LogP contribution in [0.25, 0.3) is 11.1 Å². The summed E-state index contributed by atoms with van der Waals surface area (Å²) < 4.78 is 32.5. The first-order valence-electron chi connectivity index (χ1n) is 11.2. The molecule has 0 bridgehead atoms. The van der Waals surface area contributed by atoms with Crippen LogP contribution in [0.2, 0.25) is 0 Å². The number of benzene rings is 2. The highest BCUT2D eigenvalue weighted by molar-refractivity contribution is 5.84. The van der Waals surface area contributed by atoms with Gasteiger partial charge in [-0.05, 0) is 58.0 Å². The van der Waals surface area contributed by atoms with Crippen molar-refractivity contribution in [2.24, 2.45) is 0 Å². The molecule has 1 aliphatic rings. The van der Waals surface area contributed by atoms with Crippen molar-refractivity contribution in [1.82, 2.24) is 4.90 Å². The van der Waals surface area contributed by atoms with Crippen molar-refractivity contribution in [2.45, 2.75) is 32.8 Å². The average Bonchev–Trinajstić information content (AvgIpc) is 2.81. The Morgan fingerprint density at radius 2 is 1.94 bits per heavy atom. The van der Waals surface area contributed by atoms with Gasteiger partial charge in [-0.3, -0.25) is 4.79 Å². The molecule has 1 fully saturated rings. The van der Waals surface area contributed by atoms with Crippen LogP contribution in [0.4, 0.5) is 10.1 Å². The molecule has 1 heterocycles. The van der Waals surface area contributed by atoms with E-state index in [2.05, 4.69) is 23.3 Å². The van der Waals surface area contributed by atoms with Gasteiger partial charge in [0.1, 0.15) is 18.4 Å². The molecule has 0 atom stereocenters. The van der Waals surface area contributed by atoms with Gasteiger partial charge in [-0.2, -0.15) is 5.26 Å². The minimum absolute atomic E-state index is 0.0849. The van der Waals surface area contributed by atoms with Gasteiger partial charge in [0, 0.05) is 36.0 Å². The number of ether oxygens (including phenoxy) is 3. The summed E-state index contributed by atoms with van der Waals surface area (Å²) in [4.78, 5) is 14.1. The summed E-state index contributed by atoms with van der Waals surface area (Å²) in [5.74, 6) is -0.381. The van der Waals surface area contributed by atoms with E-state index >= 15 is 4.39 Å². The Balaban J connectivity index is 2.00. The molecule has 2 aromatic carbocycles. The lowest BCUT2D eigenvalue weighted by Crippen LogP contribution is -2.35. The number of likely N-dealkylation sites (tertiary alicyclic amines) is 1. The third kappa shape index (κ3) is 6.36. The number of carbonyl (C=O) groups is 1. The molecule has 0 unspecified atom stereocenters. The summed E-state index contributed by atoms with van der Waals surface area (Å²) in [6, 6.07) is 10.1. The van der Waals surface area contributed by atoms with Crippen LogP contribution in [0.1, 0.15) is 32.3 Å². The van der Waals surface area contributed by atoms with E-state index in [9.17, 15) is 10.1 Å². The molecule has 7 nitrogen and oxygen atoms in total. The maximum Gasteiger partial charge on any atom is 0.325 e. The van der Waals surface area contributed by atoms with Gasteiger partial charge in [0.2, 0.25) is 0 Å². The first-order chi connectivity index (χ1) is 15.9.